The molecule has 0 saturated heterocycles. The van der Waals surface area contributed by atoms with Gasteiger partial charge in [0.1, 0.15) is 0 Å². The third kappa shape index (κ3) is 2.53. The number of nitrogens with zero attached hydrogens (tertiary/aromatic N) is 1. The molecule has 2 aliphatic carbocycles. The SMILES string of the molecule is N#Cc1cccc(CNC2CCC23CCCCC3)c1. The van der Waals surface area contributed by atoms with E-state index < -0.39 is 0 Å². The second kappa shape index (κ2) is 5.35. The van der Waals surface area contributed by atoms with Gasteiger partial charge in [-0.1, -0.05) is 31.4 Å². The van der Waals surface area contributed by atoms with E-state index in [4.69, 9.17) is 5.26 Å². The number of rotatable bonds is 3. The van der Waals surface area contributed by atoms with E-state index in [1.807, 2.05) is 18.2 Å². The molecule has 19 heavy (non-hydrogen) atoms. The zero-order chi connectivity index (χ0) is 13.1. The monoisotopic (exact) mass is 254 g/mol. The summed E-state index contributed by atoms with van der Waals surface area (Å²) in [4.78, 5) is 0. The molecule has 1 unspecified atom stereocenters. The maximum Gasteiger partial charge on any atom is 0.0991 e. The lowest BCUT2D eigenvalue weighted by molar-refractivity contribution is 0.0221. The Morgan fingerprint density at radius 3 is 2.74 bits per heavy atom. The van der Waals surface area contributed by atoms with Gasteiger partial charge in [-0.05, 0) is 48.8 Å². The van der Waals surface area contributed by atoms with E-state index in [9.17, 15) is 0 Å². The molecule has 1 spiro atoms. The molecule has 1 N–H and O–H groups in total. The molecule has 3 rings (SSSR count). The van der Waals surface area contributed by atoms with Gasteiger partial charge in [0, 0.05) is 12.6 Å². The predicted molar refractivity (Wildman–Crippen MR) is 76.5 cm³/mol. The summed E-state index contributed by atoms with van der Waals surface area (Å²) in [6.45, 7) is 0.905. The summed E-state index contributed by atoms with van der Waals surface area (Å²) in [5.74, 6) is 0. The third-order valence-electron chi connectivity index (χ3n) is 5.13. The van der Waals surface area contributed by atoms with Gasteiger partial charge in [0.2, 0.25) is 0 Å². The topological polar surface area (TPSA) is 35.8 Å². The van der Waals surface area contributed by atoms with Crippen molar-refractivity contribution in [3.05, 3.63) is 35.4 Å². The highest BCUT2D eigenvalue weighted by molar-refractivity contribution is 5.32. The first kappa shape index (κ1) is 12.7. The van der Waals surface area contributed by atoms with Crippen molar-refractivity contribution in [1.29, 1.82) is 5.26 Å². The molecule has 0 amide bonds. The Hall–Kier alpha value is -1.33. The largest absolute Gasteiger partial charge is 0.309 e. The van der Waals surface area contributed by atoms with Crippen LogP contribution in [0.1, 0.15) is 56.1 Å². The zero-order valence-electron chi connectivity index (χ0n) is 11.5. The van der Waals surface area contributed by atoms with Crippen molar-refractivity contribution in [2.45, 2.75) is 57.5 Å². The van der Waals surface area contributed by atoms with E-state index in [1.165, 1.54) is 50.5 Å². The fourth-order valence-corrected chi connectivity index (χ4v) is 3.86. The van der Waals surface area contributed by atoms with Crippen molar-refractivity contribution < 1.29 is 0 Å². The van der Waals surface area contributed by atoms with Gasteiger partial charge in [-0.3, -0.25) is 0 Å². The number of benzene rings is 1. The maximum atomic E-state index is 8.93. The van der Waals surface area contributed by atoms with Crippen LogP contribution in [0.4, 0.5) is 0 Å². The fourth-order valence-electron chi connectivity index (χ4n) is 3.86. The molecule has 2 aliphatic rings. The second-order valence-corrected chi connectivity index (χ2v) is 6.21. The summed E-state index contributed by atoms with van der Waals surface area (Å²) < 4.78 is 0. The van der Waals surface area contributed by atoms with Crippen LogP contribution in [0.5, 0.6) is 0 Å². The van der Waals surface area contributed by atoms with Gasteiger partial charge in [-0.15, -0.1) is 0 Å². The van der Waals surface area contributed by atoms with E-state index in [2.05, 4.69) is 17.5 Å². The number of nitrogens with one attached hydrogen (secondary N) is 1. The molecule has 100 valence electrons. The standard InChI is InChI=1S/C17H22N2/c18-12-14-5-4-6-15(11-14)13-19-16-7-10-17(16)8-2-1-3-9-17/h4-6,11,16,19H,1-3,7-10,13H2. The van der Waals surface area contributed by atoms with Crippen LogP contribution in [0.25, 0.3) is 0 Å². The minimum absolute atomic E-state index is 0.616. The molecule has 1 aromatic carbocycles. The number of nitriles is 1. The lowest BCUT2D eigenvalue weighted by Gasteiger charge is -2.52. The molecule has 1 atom stereocenters. The molecule has 2 saturated carbocycles. The first-order valence-electron chi connectivity index (χ1n) is 7.55. The Morgan fingerprint density at radius 1 is 1.21 bits per heavy atom. The van der Waals surface area contributed by atoms with E-state index in [1.54, 1.807) is 0 Å². The molecule has 0 aliphatic heterocycles. The van der Waals surface area contributed by atoms with Crippen LogP contribution in [0.15, 0.2) is 24.3 Å². The van der Waals surface area contributed by atoms with Crippen molar-refractivity contribution in [1.82, 2.24) is 5.32 Å². The molecule has 0 aromatic heterocycles. The normalized spacial score (nSPS) is 24.7. The van der Waals surface area contributed by atoms with Crippen molar-refractivity contribution in [2.24, 2.45) is 5.41 Å². The lowest BCUT2D eigenvalue weighted by atomic mass is 9.57. The molecule has 0 radical (unpaired) electrons. The summed E-state index contributed by atoms with van der Waals surface area (Å²) in [5, 5.41) is 12.7. The highest BCUT2D eigenvalue weighted by atomic mass is 15.0. The van der Waals surface area contributed by atoms with Gasteiger partial charge in [0.05, 0.1) is 11.6 Å². The first-order valence-corrected chi connectivity index (χ1v) is 7.55. The molecule has 1 aromatic rings. The third-order valence-corrected chi connectivity index (χ3v) is 5.13. The summed E-state index contributed by atoms with van der Waals surface area (Å²) >= 11 is 0. The molecule has 2 nitrogen and oxygen atoms in total. The van der Waals surface area contributed by atoms with Crippen molar-refractivity contribution in [2.75, 3.05) is 0 Å². The van der Waals surface area contributed by atoms with Gasteiger partial charge in [0.15, 0.2) is 0 Å². The summed E-state index contributed by atoms with van der Waals surface area (Å²) in [5.41, 5.74) is 2.61. The average Bonchev–Trinajstić information content (AvgIpc) is 2.47. The van der Waals surface area contributed by atoms with Gasteiger partial charge in [-0.2, -0.15) is 5.26 Å². The number of hydrogen-bond acceptors (Lipinski definition) is 2. The quantitative estimate of drug-likeness (QED) is 0.891. The molecular formula is C17H22N2. The Morgan fingerprint density at radius 2 is 2.05 bits per heavy atom. The highest BCUT2D eigenvalue weighted by Crippen LogP contribution is 2.51. The smallest absolute Gasteiger partial charge is 0.0991 e. The van der Waals surface area contributed by atoms with E-state index >= 15 is 0 Å². The van der Waals surface area contributed by atoms with E-state index in [0.29, 0.717) is 11.5 Å². The Bertz CT molecular complexity index is 480. The molecule has 0 bridgehead atoms. The highest BCUT2D eigenvalue weighted by Gasteiger charge is 2.46. The van der Waals surface area contributed by atoms with Crippen LogP contribution in [0.2, 0.25) is 0 Å². The van der Waals surface area contributed by atoms with Crippen LogP contribution >= 0.6 is 0 Å². The second-order valence-electron chi connectivity index (χ2n) is 6.21. The van der Waals surface area contributed by atoms with Crippen molar-refractivity contribution in [3.63, 3.8) is 0 Å². The first-order chi connectivity index (χ1) is 9.32. The van der Waals surface area contributed by atoms with E-state index in [-0.39, 0.29) is 0 Å². The number of hydrogen-bond donors (Lipinski definition) is 1. The van der Waals surface area contributed by atoms with Gasteiger partial charge in [0.25, 0.3) is 0 Å². The minimum atomic E-state index is 0.616. The lowest BCUT2D eigenvalue weighted by Crippen LogP contribution is -2.53. The minimum Gasteiger partial charge on any atom is -0.309 e. The van der Waals surface area contributed by atoms with Crippen LogP contribution in [0, 0.1) is 16.7 Å². The van der Waals surface area contributed by atoms with Crippen LogP contribution in [-0.2, 0) is 6.54 Å². The van der Waals surface area contributed by atoms with Crippen molar-refractivity contribution in [3.8, 4) is 6.07 Å². The summed E-state index contributed by atoms with van der Waals surface area (Å²) in [7, 11) is 0. The zero-order valence-corrected chi connectivity index (χ0v) is 11.5. The summed E-state index contributed by atoms with van der Waals surface area (Å²) in [6.07, 6.45) is 9.86. The van der Waals surface area contributed by atoms with Gasteiger partial charge in [-0.25, -0.2) is 0 Å². The van der Waals surface area contributed by atoms with Crippen LogP contribution < -0.4 is 5.32 Å². The fraction of sp³-hybridized carbons (Fsp3) is 0.588. The van der Waals surface area contributed by atoms with Crippen molar-refractivity contribution >= 4 is 0 Å². The summed E-state index contributed by atoms with van der Waals surface area (Å²) in [6, 6.07) is 10.9. The Kier molecular flexibility index (Phi) is 3.57. The Labute approximate surface area is 115 Å². The van der Waals surface area contributed by atoms with E-state index in [0.717, 1.165) is 12.1 Å². The molecule has 2 fully saturated rings. The molecule has 0 heterocycles. The molecular weight excluding hydrogens is 232 g/mol. The maximum absolute atomic E-state index is 8.93. The molecule has 2 heteroatoms. The van der Waals surface area contributed by atoms with Gasteiger partial charge >= 0.3 is 0 Å². The Balaban J connectivity index is 1.59. The van der Waals surface area contributed by atoms with Crippen LogP contribution in [-0.4, -0.2) is 6.04 Å². The van der Waals surface area contributed by atoms with Crippen LogP contribution in [0.3, 0.4) is 0 Å². The average molecular weight is 254 g/mol. The van der Waals surface area contributed by atoms with Gasteiger partial charge < -0.3 is 5.32 Å². The predicted octanol–water partition coefficient (Wildman–Crippen LogP) is 3.76.